The van der Waals surface area contributed by atoms with Crippen LogP contribution in [-0.4, -0.2) is 22.5 Å². The summed E-state index contributed by atoms with van der Waals surface area (Å²) in [4.78, 5) is 35.1. The molecule has 1 heterocycles. The minimum absolute atomic E-state index is 0.199. The van der Waals surface area contributed by atoms with Gasteiger partial charge in [0.15, 0.2) is 6.10 Å². The molecular weight excluding hydrogens is 335 g/mol. The Morgan fingerprint density at radius 1 is 1.33 bits per heavy atom. The van der Waals surface area contributed by atoms with E-state index in [0.29, 0.717) is 5.69 Å². The molecule has 1 atom stereocenters. The van der Waals surface area contributed by atoms with Crippen LogP contribution in [0.15, 0.2) is 34.4 Å². The number of carbonyl (C=O) groups is 2. The van der Waals surface area contributed by atoms with Crippen LogP contribution in [0.3, 0.4) is 0 Å². The zero-order chi connectivity index (χ0) is 17.7. The summed E-state index contributed by atoms with van der Waals surface area (Å²) in [5.74, 6) is -1.49. The predicted octanol–water partition coefficient (Wildman–Crippen LogP) is 1.61. The zero-order valence-electron chi connectivity index (χ0n) is 13.2. The molecule has 0 radical (unpaired) electrons. The van der Waals surface area contributed by atoms with Crippen molar-refractivity contribution in [3.05, 3.63) is 56.4 Å². The molecule has 2 aromatic rings. The molecule has 2 rings (SSSR count). The number of esters is 1. The number of carbonyl (C=O) groups excluding carboxylic acids is 2. The maximum absolute atomic E-state index is 12.8. The first kappa shape index (κ1) is 17.9. The Morgan fingerprint density at radius 2 is 2.00 bits per heavy atom. The van der Waals surface area contributed by atoms with Crippen molar-refractivity contribution in [3.8, 4) is 0 Å². The van der Waals surface area contributed by atoms with Crippen molar-refractivity contribution in [2.75, 3.05) is 0 Å². The predicted molar refractivity (Wildman–Crippen MR) is 87.1 cm³/mol. The molecule has 8 heteroatoms. The Labute approximate surface area is 141 Å². The van der Waals surface area contributed by atoms with Gasteiger partial charge in [-0.1, -0.05) is 23.5 Å². The number of benzene rings is 1. The van der Waals surface area contributed by atoms with Gasteiger partial charge in [0, 0.05) is 17.6 Å². The molecule has 6 nitrogen and oxygen atoms in total. The molecule has 128 valence electrons. The zero-order valence-corrected chi connectivity index (χ0v) is 14.1. The monoisotopic (exact) mass is 352 g/mol. The highest BCUT2D eigenvalue weighted by Gasteiger charge is 2.18. The van der Waals surface area contributed by atoms with Crippen molar-refractivity contribution < 1.29 is 18.7 Å². The quantitative estimate of drug-likeness (QED) is 0.801. The molecule has 0 fully saturated rings. The lowest BCUT2D eigenvalue weighted by Gasteiger charge is -2.14. The SMILES string of the molecule is Cc1csc(=O)n1CC(=O)O[C@H](C)C(=O)NCc1ccc(F)cc1. The second-order valence-electron chi connectivity index (χ2n) is 5.21. The number of hydrogen-bond donors (Lipinski definition) is 1. The van der Waals surface area contributed by atoms with E-state index in [0.717, 1.165) is 16.9 Å². The first-order valence-corrected chi connectivity index (χ1v) is 8.11. The number of thiazole rings is 1. The lowest BCUT2D eigenvalue weighted by Crippen LogP contribution is -2.36. The summed E-state index contributed by atoms with van der Waals surface area (Å²) < 4.78 is 19.1. The Hall–Kier alpha value is -2.48. The number of aryl methyl sites for hydroxylation is 1. The third-order valence-electron chi connectivity index (χ3n) is 3.32. The van der Waals surface area contributed by atoms with Crippen LogP contribution < -0.4 is 10.2 Å². The van der Waals surface area contributed by atoms with E-state index in [9.17, 15) is 18.8 Å². The number of amides is 1. The molecule has 0 aliphatic carbocycles. The summed E-state index contributed by atoms with van der Waals surface area (Å²) >= 11 is 0.999. The number of hydrogen-bond acceptors (Lipinski definition) is 5. The van der Waals surface area contributed by atoms with Crippen LogP contribution in [0.4, 0.5) is 4.39 Å². The summed E-state index contributed by atoms with van der Waals surface area (Å²) in [5.41, 5.74) is 1.39. The van der Waals surface area contributed by atoms with Gasteiger partial charge in [-0.25, -0.2) is 4.39 Å². The highest BCUT2D eigenvalue weighted by Crippen LogP contribution is 2.04. The molecule has 24 heavy (non-hydrogen) atoms. The molecule has 1 N–H and O–H groups in total. The van der Waals surface area contributed by atoms with Crippen LogP contribution >= 0.6 is 11.3 Å². The van der Waals surface area contributed by atoms with Gasteiger partial charge in [-0.05, 0) is 31.5 Å². The van der Waals surface area contributed by atoms with E-state index in [1.807, 2.05) is 0 Å². The minimum atomic E-state index is -0.993. The largest absolute Gasteiger partial charge is 0.451 e. The first-order chi connectivity index (χ1) is 11.4. The molecule has 0 bridgehead atoms. The number of ether oxygens (including phenoxy) is 1. The Balaban J connectivity index is 1.83. The lowest BCUT2D eigenvalue weighted by molar-refractivity contribution is -0.155. The van der Waals surface area contributed by atoms with Crippen LogP contribution in [0, 0.1) is 12.7 Å². The molecule has 0 aliphatic rings. The van der Waals surface area contributed by atoms with Crippen molar-refractivity contribution in [1.82, 2.24) is 9.88 Å². The summed E-state index contributed by atoms with van der Waals surface area (Å²) in [6, 6.07) is 5.70. The van der Waals surface area contributed by atoms with Gasteiger partial charge in [0.25, 0.3) is 5.91 Å². The van der Waals surface area contributed by atoms with Crippen LogP contribution in [0.1, 0.15) is 18.2 Å². The van der Waals surface area contributed by atoms with E-state index in [1.165, 1.54) is 23.6 Å². The standard InChI is InChI=1S/C16H17FN2O4S/c1-10-9-24-16(22)19(10)8-14(20)23-11(2)15(21)18-7-12-3-5-13(17)6-4-12/h3-6,9,11H,7-8H2,1-2H3,(H,18,21)/t11-/m1/s1. The minimum Gasteiger partial charge on any atom is -0.451 e. The Kier molecular flexibility index (Phi) is 5.86. The maximum Gasteiger partial charge on any atom is 0.326 e. The van der Waals surface area contributed by atoms with Crippen LogP contribution in [0.5, 0.6) is 0 Å². The van der Waals surface area contributed by atoms with Crippen molar-refractivity contribution in [2.45, 2.75) is 33.0 Å². The molecule has 0 unspecified atom stereocenters. The summed E-state index contributed by atoms with van der Waals surface area (Å²) in [7, 11) is 0. The molecule has 1 aromatic carbocycles. The van der Waals surface area contributed by atoms with Gasteiger partial charge in [-0.15, -0.1) is 0 Å². The smallest absolute Gasteiger partial charge is 0.326 e. The van der Waals surface area contributed by atoms with Crippen LogP contribution in [-0.2, 0) is 27.4 Å². The fourth-order valence-corrected chi connectivity index (χ4v) is 2.68. The van der Waals surface area contributed by atoms with Crippen molar-refractivity contribution in [3.63, 3.8) is 0 Å². The maximum atomic E-state index is 12.8. The molecule has 0 saturated heterocycles. The van der Waals surface area contributed by atoms with Gasteiger partial charge in [0.2, 0.25) is 0 Å². The van der Waals surface area contributed by atoms with Crippen molar-refractivity contribution in [1.29, 1.82) is 0 Å². The molecule has 1 aromatic heterocycles. The Morgan fingerprint density at radius 3 is 2.58 bits per heavy atom. The van der Waals surface area contributed by atoms with Gasteiger partial charge in [0.05, 0.1) is 0 Å². The molecule has 0 spiro atoms. The number of rotatable bonds is 6. The Bertz CT molecular complexity index is 782. The van der Waals surface area contributed by atoms with Crippen LogP contribution in [0.2, 0.25) is 0 Å². The number of nitrogens with one attached hydrogen (secondary N) is 1. The van der Waals surface area contributed by atoms with E-state index in [2.05, 4.69) is 5.32 Å². The average molecular weight is 352 g/mol. The van der Waals surface area contributed by atoms with Crippen LogP contribution in [0.25, 0.3) is 0 Å². The number of nitrogens with zero attached hydrogens (tertiary/aromatic N) is 1. The number of aromatic nitrogens is 1. The van der Waals surface area contributed by atoms with E-state index < -0.39 is 18.0 Å². The molecule has 0 aliphatic heterocycles. The summed E-state index contributed by atoms with van der Waals surface area (Å²) in [6.45, 7) is 3.12. The van der Waals surface area contributed by atoms with E-state index in [-0.39, 0.29) is 23.8 Å². The molecule has 0 saturated carbocycles. The highest BCUT2D eigenvalue weighted by molar-refractivity contribution is 7.07. The van der Waals surface area contributed by atoms with Gasteiger partial charge in [-0.3, -0.25) is 19.0 Å². The average Bonchev–Trinajstić information content (AvgIpc) is 2.85. The van der Waals surface area contributed by atoms with Gasteiger partial charge in [0.1, 0.15) is 12.4 Å². The van der Waals surface area contributed by atoms with E-state index in [4.69, 9.17) is 4.74 Å². The summed E-state index contributed by atoms with van der Waals surface area (Å²) in [5, 5.41) is 4.25. The van der Waals surface area contributed by atoms with E-state index in [1.54, 1.807) is 24.4 Å². The topological polar surface area (TPSA) is 77.4 Å². The lowest BCUT2D eigenvalue weighted by atomic mass is 10.2. The second-order valence-corrected chi connectivity index (χ2v) is 6.03. The fourth-order valence-electron chi connectivity index (χ4n) is 1.95. The normalized spacial score (nSPS) is 11.8. The first-order valence-electron chi connectivity index (χ1n) is 7.23. The molecular formula is C16H17FN2O4S. The third-order valence-corrected chi connectivity index (χ3v) is 4.20. The number of halogens is 1. The third kappa shape index (κ3) is 4.76. The van der Waals surface area contributed by atoms with Crippen molar-refractivity contribution >= 4 is 23.2 Å². The van der Waals surface area contributed by atoms with Gasteiger partial charge in [-0.2, -0.15) is 0 Å². The van der Waals surface area contributed by atoms with Gasteiger partial charge >= 0.3 is 10.8 Å². The highest BCUT2D eigenvalue weighted by atomic mass is 32.1. The second kappa shape index (κ2) is 7.87. The van der Waals surface area contributed by atoms with Gasteiger partial charge < -0.3 is 10.1 Å². The molecule has 1 amide bonds. The van der Waals surface area contributed by atoms with E-state index >= 15 is 0 Å². The van der Waals surface area contributed by atoms with Crippen molar-refractivity contribution in [2.24, 2.45) is 0 Å². The summed E-state index contributed by atoms with van der Waals surface area (Å²) in [6.07, 6.45) is -0.993. The fraction of sp³-hybridized carbons (Fsp3) is 0.312.